The van der Waals surface area contributed by atoms with Gasteiger partial charge in [-0.1, -0.05) is 18.2 Å². The first-order valence-electron chi connectivity index (χ1n) is 8.86. The van der Waals surface area contributed by atoms with Crippen LogP contribution in [0.3, 0.4) is 0 Å². The van der Waals surface area contributed by atoms with Gasteiger partial charge in [-0.3, -0.25) is 10.0 Å². The van der Waals surface area contributed by atoms with Crippen LogP contribution in [-0.4, -0.2) is 48.2 Å². The number of para-hydroxylation sites is 1. The maximum Gasteiger partial charge on any atom is 0.274 e. The molecule has 1 aliphatic heterocycles. The van der Waals surface area contributed by atoms with E-state index >= 15 is 0 Å². The van der Waals surface area contributed by atoms with Crippen LogP contribution >= 0.6 is 0 Å². The molecule has 2 aromatic rings. The Morgan fingerprint density at radius 1 is 1.29 bits per heavy atom. The number of hydrogen-bond donors (Lipinski definition) is 3. The fraction of sp³-hybridized carbons (Fsp3) is 0.333. The number of hydroxylamine groups is 1. The number of rotatable bonds is 6. The summed E-state index contributed by atoms with van der Waals surface area (Å²) in [7, 11) is -2.01. The van der Waals surface area contributed by atoms with Gasteiger partial charge in [0.05, 0.1) is 0 Å². The number of aryl methyl sites for hydroxylation is 1. The maximum atomic E-state index is 12.5. The molecule has 1 aromatic carbocycles. The van der Waals surface area contributed by atoms with Crippen molar-refractivity contribution >= 4 is 27.7 Å². The van der Waals surface area contributed by atoms with Gasteiger partial charge in [-0.05, 0) is 30.5 Å². The van der Waals surface area contributed by atoms with Crippen molar-refractivity contribution in [3.63, 3.8) is 0 Å². The second-order valence-corrected chi connectivity index (χ2v) is 8.18. The zero-order chi connectivity index (χ0) is 20.1. The van der Waals surface area contributed by atoms with Gasteiger partial charge in [-0.15, -0.1) is 0 Å². The number of carbonyl (C=O) groups is 1. The average molecular weight is 405 g/mol. The van der Waals surface area contributed by atoms with Gasteiger partial charge in [0.15, 0.2) is 0 Å². The molecule has 0 radical (unpaired) electrons. The molecule has 1 saturated heterocycles. The molecule has 0 aliphatic carbocycles. The van der Waals surface area contributed by atoms with Crippen LogP contribution in [0, 0.1) is 0 Å². The van der Waals surface area contributed by atoms with Crippen molar-refractivity contribution in [2.45, 2.75) is 24.0 Å². The molecular formula is C18H23N5O4S. The van der Waals surface area contributed by atoms with Crippen molar-refractivity contribution in [2.24, 2.45) is 7.05 Å². The Kier molecular flexibility index (Phi) is 6.12. The Labute approximate surface area is 163 Å². The van der Waals surface area contributed by atoms with Crippen molar-refractivity contribution in [3.8, 4) is 0 Å². The highest BCUT2D eigenvalue weighted by Gasteiger charge is 2.27. The predicted octanol–water partition coefficient (Wildman–Crippen LogP) is 0.886. The van der Waals surface area contributed by atoms with E-state index in [1.165, 1.54) is 16.8 Å². The number of anilines is 1. The number of aromatic nitrogens is 2. The Bertz CT molecular complexity index is 962. The van der Waals surface area contributed by atoms with Crippen molar-refractivity contribution in [1.29, 1.82) is 0 Å². The summed E-state index contributed by atoms with van der Waals surface area (Å²) in [6.07, 6.45) is 7.25. The minimum Gasteiger partial charge on any atom is -0.371 e. The molecule has 0 atom stereocenters. The van der Waals surface area contributed by atoms with Crippen LogP contribution in [0.2, 0.25) is 0 Å². The normalized spacial score (nSPS) is 15.9. The van der Waals surface area contributed by atoms with Crippen LogP contribution in [0.5, 0.6) is 0 Å². The maximum absolute atomic E-state index is 12.5. The fourth-order valence-electron chi connectivity index (χ4n) is 3.24. The number of amides is 1. The molecule has 1 aromatic heterocycles. The monoisotopic (exact) mass is 405 g/mol. The molecule has 0 unspecified atom stereocenters. The van der Waals surface area contributed by atoms with Gasteiger partial charge in [-0.2, -0.15) is 0 Å². The summed E-state index contributed by atoms with van der Waals surface area (Å²) in [6, 6.07) is 7.45. The molecule has 1 aliphatic rings. The first-order valence-corrected chi connectivity index (χ1v) is 10.3. The standard InChI is InChI=1S/C18H23N5O4S/c1-22-13-10-19-18(22)28(26,27)21-15-8-11-23(12-9-15)16-5-3-2-4-14(16)6-7-17(24)20-25/h2-7,10,13,15,21,25H,8-9,11-12H2,1H3,(H,20,24)/b7-6+. The minimum atomic E-state index is -3.65. The number of sulfonamides is 1. The van der Waals surface area contributed by atoms with Crippen LogP contribution in [-0.2, 0) is 21.9 Å². The largest absolute Gasteiger partial charge is 0.371 e. The molecule has 0 bridgehead atoms. The Balaban J connectivity index is 1.66. The molecule has 150 valence electrons. The summed E-state index contributed by atoms with van der Waals surface area (Å²) in [5.74, 6) is -0.600. The van der Waals surface area contributed by atoms with Gasteiger partial charge >= 0.3 is 0 Å². The lowest BCUT2D eigenvalue weighted by Crippen LogP contribution is -2.45. The first-order chi connectivity index (χ1) is 13.4. The number of benzene rings is 1. The Hall–Kier alpha value is -2.69. The molecule has 9 nitrogen and oxygen atoms in total. The van der Waals surface area contributed by atoms with Crippen molar-refractivity contribution in [2.75, 3.05) is 18.0 Å². The predicted molar refractivity (Wildman–Crippen MR) is 104 cm³/mol. The lowest BCUT2D eigenvalue weighted by atomic mass is 10.0. The molecule has 3 rings (SSSR count). The second kappa shape index (κ2) is 8.55. The molecule has 1 fully saturated rings. The van der Waals surface area contributed by atoms with Gasteiger partial charge in [-0.25, -0.2) is 23.6 Å². The van der Waals surface area contributed by atoms with E-state index in [0.717, 1.165) is 11.3 Å². The Morgan fingerprint density at radius 2 is 2.00 bits per heavy atom. The summed E-state index contributed by atoms with van der Waals surface area (Å²) in [5.41, 5.74) is 3.36. The van der Waals surface area contributed by atoms with E-state index in [1.807, 2.05) is 24.3 Å². The summed E-state index contributed by atoms with van der Waals surface area (Å²) >= 11 is 0. The van der Waals surface area contributed by atoms with Crippen LogP contribution in [0.15, 0.2) is 47.9 Å². The first kappa shape index (κ1) is 20.1. The number of carbonyl (C=O) groups excluding carboxylic acids is 1. The molecule has 2 heterocycles. The van der Waals surface area contributed by atoms with Crippen molar-refractivity contribution < 1.29 is 18.4 Å². The van der Waals surface area contributed by atoms with E-state index in [1.54, 1.807) is 24.8 Å². The number of hydrogen-bond acceptors (Lipinski definition) is 6. The third-order valence-corrected chi connectivity index (χ3v) is 6.15. The van der Waals surface area contributed by atoms with Crippen LogP contribution in [0.1, 0.15) is 18.4 Å². The van der Waals surface area contributed by atoms with E-state index in [9.17, 15) is 13.2 Å². The van der Waals surface area contributed by atoms with E-state index < -0.39 is 15.9 Å². The van der Waals surface area contributed by atoms with Gasteiger partial charge in [0.25, 0.3) is 15.9 Å². The average Bonchev–Trinajstić information content (AvgIpc) is 3.14. The molecule has 3 N–H and O–H groups in total. The van der Waals surface area contributed by atoms with Crippen LogP contribution < -0.4 is 15.1 Å². The lowest BCUT2D eigenvalue weighted by Gasteiger charge is -2.34. The van der Waals surface area contributed by atoms with E-state index in [4.69, 9.17) is 5.21 Å². The quantitative estimate of drug-likeness (QED) is 0.373. The zero-order valence-corrected chi connectivity index (χ0v) is 16.3. The van der Waals surface area contributed by atoms with Crippen molar-refractivity contribution in [1.82, 2.24) is 19.8 Å². The number of imidazole rings is 1. The minimum absolute atomic E-state index is 0.00701. The summed E-state index contributed by atoms with van der Waals surface area (Å²) in [6.45, 7) is 1.34. The summed E-state index contributed by atoms with van der Waals surface area (Å²) in [4.78, 5) is 17.3. The third-order valence-electron chi connectivity index (χ3n) is 4.64. The van der Waals surface area contributed by atoms with Crippen LogP contribution in [0.25, 0.3) is 6.08 Å². The van der Waals surface area contributed by atoms with Gasteiger partial charge in [0.1, 0.15) is 0 Å². The Morgan fingerprint density at radius 3 is 2.64 bits per heavy atom. The molecule has 0 saturated carbocycles. The zero-order valence-electron chi connectivity index (χ0n) is 15.4. The van der Waals surface area contributed by atoms with Gasteiger partial charge < -0.3 is 9.47 Å². The topological polar surface area (TPSA) is 117 Å². The molecule has 1 amide bonds. The highest BCUT2D eigenvalue weighted by atomic mass is 32.2. The molecule has 10 heteroatoms. The number of piperidine rings is 1. The second-order valence-electron chi connectivity index (χ2n) is 6.57. The highest BCUT2D eigenvalue weighted by Crippen LogP contribution is 2.25. The fourth-order valence-corrected chi connectivity index (χ4v) is 4.66. The van der Waals surface area contributed by atoms with E-state index in [2.05, 4.69) is 14.6 Å². The molecular weight excluding hydrogens is 382 g/mol. The van der Waals surface area contributed by atoms with Gasteiger partial charge in [0, 0.05) is 50.3 Å². The molecule has 0 spiro atoms. The molecule has 28 heavy (non-hydrogen) atoms. The smallest absolute Gasteiger partial charge is 0.274 e. The third kappa shape index (κ3) is 4.58. The van der Waals surface area contributed by atoms with E-state index in [-0.39, 0.29) is 11.2 Å². The number of nitrogens with zero attached hydrogens (tertiary/aromatic N) is 3. The lowest BCUT2D eigenvalue weighted by molar-refractivity contribution is -0.124. The van der Waals surface area contributed by atoms with Crippen molar-refractivity contribution in [3.05, 3.63) is 48.3 Å². The van der Waals surface area contributed by atoms with Crippen LogP contribution in [0.4, 0.5) is 5.69 Å². The van der Waals surface area contributed by atoms with E-state index in [0.29, 0.717) is 25.9 Å². The van der Waals surface area contributed by atoms with Gasteiger partial charge in [0.2, 0.25) is 5.16 Å². The highest BCUT2D eigenvalue weighted by molar-refractivity contribution is 7.89. The summed E-state index contributed by atoms with van der Waals surface area (Å²) < 4.78 is 29.2. The number of nitrogens with one attached hydrogen (secondary N) is 2. The summed E-state index contributed by atoms with van der Waals surface area (Å²) in [5, 5.41) is 8.62. The SMILES string of the molecule is Cn1ccnc1S(=O)(=O)NC1CCN(c2ccccc2/C=C/C(=O)NO)CC1.